The summed E-state index contributed by atoms with van der Waals surface area (Å²) in [5.74, 6) is 5.37. The Morgan fingerprint density at radius 1 is 1.50 bits per heavy atom. The van der Waals surface area contributed by atoms with Gasteiger partial charge in [0.05, 0.1) is 27.1 Å². The van der Waals surface area contributed by atoms with Gasteiger partial charge >= 0.3 is 0 Å². The lowest BCUT2D eigenvalue weighted by Crippen LogP contribution is -2.23. The fraction of sp³-hybridized carbons (Fsp3) is 0.0909. The van der Waals surface area contributed by atoms with Crippen molar-refractivity contribution in [3.05, 3.63) is 60.3 Å². The second kappa shape index (κ2) is 5.96. The van der Waals surface area contributed by atoms with Gasteiger partial charge in [-0.05, 0) is 28.7 Å². The number of halogens is 1. The summed E-state index contributed by atoms with van der Waals surface area (Å²) in [6.07, 6.45) is 2.83. The van der Waals surface area contributed by atoms with Gasteiger partial charge in [-0.3, -0.25) is 25.3 Å². The van der Waals surface area contributed by atoms with E-state index in [1.54, 1.807) is 0 Å². The van der Waals surface area contributed by atoms with Crippen molar-refractivity contribution in [2.75, 3.05) is 5.43 Å². The van der Waals surface area contributed by atoms with Crippen LogP contribution in [0.4, 0.5) is 11.4 Å². The maximum Gasteiger partial charge on any atom is 0.269 e. The second-order valence-electron chi connectivity index (χ2n) is 3.92. The predicted molar refractivity (Wildman–Crippen MR) is 81.2 cm³/mol. The smallest absolute Gasteiger partial charge is 0.269 e. The first-order valence-corrected chi connectivity index (χ1v) is 6.54. The quantitative estimate of drug-likeness (QED) is 0.351. The number of non-ortho nitro benzene ring substituents is 1. The first kappa shape index (κ1) is 14.4. The second-order valence-corrected chi connectivity index (χ2v) is 5.08. The van der Waals surface area contributed by atoms with Gasteiger partial charge in [0.15, 0.2) is 0 Å². The zero-order valence-corrected chi connectivity index (χ0v) is 12.3. The lowest BCUT2D eigenvalue weighted by atomic mass is 10.1. The molecule has 3 N–H and O–H groups in total. The molecule has 0 spiro atoms. The molecule has 2 aromatic rings. The molecular weight excluding hydrogens is 377 g/mol. The molecule has 0 aliphatic heterocycles. The number of anilines is 1. The maximum atomic E-state index is 11.9. The number of nitrogens with two attached hydrogens (primary N) is 1. The molecule has 0 saturated heterocycles. The summed E-state index contributed by atoms with van der Waals surface area (Å²) < 4.78 is 1.83. The number of rotatable bonds is 4. The van der Waals surface area contributed by atoms with E-state index in [4.69, 9.17) is 5.84 Å². The highest BCUT2D eigenvalue weighted by Gasteiger charge is 2.12. The van der Waals surface area contributed by atoms with E-state index in [0.717, 1.165) is 0 Å². The van der Waals surface area contributed by atoms with Gasteiger partial charge in [-0.1, -0.05) is 0 Å². The number of nitro benzene ring substituents is 1. The monoisotopic (exact) mass is 387 g/mol. The fourth-order valence-electron chi connectivity index (χ4n) is 1.69. The normalized spacial score (nSPS) is 10.3. The molecule has 0 aliphatic carbocycles. The minimum absolute atomic E-state index is 0.0642. The Labute approximate surface area is 126 Å². The van der Waals surface area contributed by atoms with Gasteiger partial charge in [-0.25, -0.2) is 4.98 Å². The summed E-state index contributed by atoms with van der Waals surface area (Å²) in [6, 6.07) is 4.22. The van der Waals surface area contributed by atoms with Crippen LogP contribution in [-0.4, -0.2) is 14.5 Å². The van der Waals surface area contributed by atoms with Crippen LogP contribution in [0.5, 0.6) is 0 Å². The number of hydrogen-bond acceptors (Lipinski definition) is 6. The van der Waals surface area contributed by atoms with Crippen molar-refractivity contribution in [2.45, 2.75) is 6.54 Å². The number of benzene rings is 1. The Balaban J connectivity index is 2.46. The molecule has 0 unspecified atom stereocenters. The van der Waals surface area contributed by atoms with Crippen LogP contribution in [0.15, 0.2) is 35.5 Å². The van der Waals surface area contributed by atoms with Crippen molar-refractivity contribution < 1.29 is 4.92 Å². The standard InChI is InChI=1S/C11H10IN5O3/c12-9-4-14-6-16(11(9)18)5-7-3-8(17(19)20)1-2-10(7)15-13/h1-4,6,15H,5,13H2. The van der Waals surface area contributed by atoms with E-state index in [9.17, 15) is 14.9 Å². The number of aromatic nitrogens is 2. The Kier molecular flexibility index (Phi) is 4.29. The van der Waals surface area contributed by atoms with Gasteiger partial charge in [0.2, 0.25) is 0 Å². The zero-order chi connectivity index (χ0) is 14.7. The van der Waals surface area contributed by atoms with Gasteiger partial charge < -0.3 is 5.43 Å². The van der Waals surface area contributed by atoms with Crippen LogP contribution in [0.3, 0.4) is 0 Å². The van der Waals surface area contributed by atoms with Crippen molar-refractivity contribution in [2.24, 2.45) is 5.84 Å². The number of nitrogens with one attached hydrogen (secondary N) is 1. The average molecular weight is 387 g/mol. The maximum absolute atomic E-state index is 11.9. The van der Waals surface area contributed by atoms with E-state index in [1.807, 2.05) is 22.6 Å². The van der Waals surface area contributed by atoms with Crippen molar-refractivity contribution in [1.82, 2.24) is 9.55 Å². The van der Waals surface area contributed by atoms with Crippen LogP contribution in [0.2, 0.25) is 0 Å². The molecule has 1 heterocycles. The molecule has 2 rings (SSSR count). The number of nitrogen functional groups attached to an aromatic ring is 1. The van der Waals surface area contributed by atoms with E-state index in [0.29, 0.717) is 14.8 Å². The van der Waals surface area contributed by atoms with Crippen molar-refractivity contribution in [1.29, 1.82) is 0 Å². The molecule has 0 atom stereocenters. The molecule has 0 amide bonds. The van der Waals surface area contributed by atoms with Crippen LogP contribution in [0.1, 0.15) is 5.56 Å². The van der Waals surface area contributed by atoms with E-state index in [-0.39, 0.29) is 17.8 Å². The van der Waals surface area contributed by atoms with E-state index in [2.05, 4.69) is 10.4 Å². The number of nitro groups is 1. The van der Waals surface area contributed by atoms with Crippen molar-refractivity contribution >= 4 is 34.0 Å². The summed E-state index contributed by atoms with van der Waals surface area (Å²) in [4.78, 5) is 26.1. The molecule has 104 valence electrons. The Morgan fingerprint density at radius 3 is 2.90 bits per heavy atom. The Morgan fingerprint density at radius 2 is 2.25 bits per heavy atom. The van der Waals surface area contributed by atoms with Gasteiger partial charge in [0, 0.05) is 23.9 Å². The molecule has 20 heavy (non-hydrogen) atoms. The van der Waals surface area contributed by atoms with Crippen molar-refractivity contribution in [3.63, 3.8) is 0 Å². The highest BCUT2D eigenvalue weighted by Crippen LogP contribution is 2.22. The topological polar surface area (TPSA) is 116 Å². The molecule has 0 radical (unpaired) electrons. The van der Waals surface area contributed by atoms with Gasteiger partial charge in [-0.2, -0.15) is 0 Å². The number of nitrogens with zero attached hydrogens (tertiary/aromatic N) is 3. The van der Waals surface area contributed by atoms with Crippen LogP contribution >= 0.6 is 22.6 Å². The third kappa shape index (κ3) is 2.93. The minimum Gasteiger partial charge on any atom is -0.324 e. The van der Waals surface area contributed by atoms with Crippen LogP contribution in [0, 0.1) is 13.7 Å². The largest absolute Gasteiger partial charge is 0.324 e. The van der Waals surface area contributed by atoms with Gasteiger partial charge in [0.1, 0.15) is 0 Å². The van der Waals surface area contributed by atoms with Crippen LogP contribution in [0.25, 0.3) is 0 Å². The molecule has 0 saturated carbocycles. The van der Waals surface area contributed by atoms with Crippen molar-refractivity contribution in [3.8, 4) is 0 Å². The summed E-state index contributed by atoms with van der Waals surface area (Å²) in [6.45, 7) is 0.143. The molecule has 9 heteroatoms. The molecular formula is C11H10IN5O3. The lowest BCUT2D eigenvalue weighted by molar-refractivity contribution is -0.384. The fourth-order valence-corrected chi connectivity index (χ4v) is 2.16. The molecule has 0 bridgehead atoms. The molecule has 0 fully saturated rings. The highest BCUT2D eigenvalue weighted by atomic mass is 127. The number of hydrogen-bond donors (Lipinski definition) is 2. The lowest BCUT2D eigenvalue weighted by Gasteiger charge is -2.10. The SMILES string of the molecule is NNc1ccc([N+](=O)[O-])cc1Cn1cncc(I)c1=O. The number of hydrazine groups is 1. The third-order valence-electron chi connectivity index (χ3n) is 2.65. The summed E-state index contributed by atoms with van der Waals surface area (Å²) in [5.41, 5.74) is 3.23. The van der Waals surface area contributed by atoms with Crippen LogP contribution < -0.4 is 16.8 Å². The molecule has 8 nitrogen and oxygen atoms in total. The minimum atomic E-state index is -0.500. The zero-order valence-electron chi connectivity index (χ0n) is 10.1. The van der Waals surface area contributed by atoms with Crippen LogP contribution in [-0.2, 0) is 6.54 Å². The van der Waals surface area contributed by atoms with Gasteiger partial charge in [-0.15, -0.1) is 0 Å². The summed E-state index contributed by atoms with van der Waals surface area (Å²) >= 11 is 1.88. The third-order valence-corrected chi connectivity index (χ3v) is 3.39. The highest BCUT2D eigenvalue weighted by molar-refractivity contribution is 14.1. The Bertz CT molecular complexity index is 715. The summed E-state index contributed by atoms with van der Waals surface area (Å²) in [7, 11) is 0. The van der Waals surface area contributed by atoms with Gasteiger partial charge in [0.25, 0.3) is 11.2 Å². The first-order chi connectivity index (χ1) is 9.52. The molecule has 0 aliphatic rings. The average Bonchev–Trinajstić information content (AvgIpc) is 2.43. The van der Waals surface area contributed by atoms with E-state index < -0.39 is 4.92 Å². The Hall–Kier alpha value is -2.01. The van der Waals surface area contributed by atoms with E-state index in [1.165, 1.54) is 35.3 Å². The van der Waals surface area contributed by atoms with E-state index >= 15 is 0 Å². The summed E-state index contributed by atoms with van der Waals surface area (Å²) in [5, 5.41) is 10.8. The molecule has 1 aromatic carbocycles. The first-order valence-electron chi connectivity index (χ1n) is 5.47. The predicted octanol–water partition coefficient (Wildman–Crippen LogP) is 1.09. The molecule has 1 aromatic heterocycles.